The maximum Gasteiger partial charge on any atom is 0.334 e. The van der Waals surface area contributed by atoms with E-state index < -0.39 is 29.9 Å². The Morgan fingerprint density at radius 3 is 2.51 bits per heavy atom. The molecule has 2 saturated heterocycles. The number of carbonyl (C=O) groups excluding carboxylic acids is 3. The number of likely N-dealkylation sites (N-methyl/N-ethyl adjacent to an activating group) is 1. The molecule has 0 aliphatic carbocycles. The Morgan fingerprint density at radius 1 is 1.14 bits per heavy atom. The van der Waals surface area contributed by atoms with Gasteiger partial charge in [0.15, 0.2) is 0 Å². The number of methoxy groups -OCH3 is 1. The molecule has 1 N–H and O–H groups in total. The van der Waals surface area contributed by atoms with Gasteiger partial charge in [-0.3, -0.25) is 9.59 Å². The van der Waals surface area contributed by atoms with E-state index in [1.165, 1.54) is 25.9 Å². The Balaban J connectivity index is 1.58. The predicted octanol–water partition coefficient (Wildman–Crippen LogP) is 2.71. The van der Waals surface area contributed by atoms with Gasteiger partial charge in [0, 0.05) is 31.8 Å². The number of hydrogen-bond acceptors (Lipinski definition) is 5. The zero-order chi connectivity index (χ0) is 26.7. The molecule has 2 aromatic carbocycles. The molecule has 0 bridgehead atoms. The van der Waals surface area contributed by atoms with Crippen LogP contribution in [0.2, 0.25) is 0 Å². The third kappa shape index (κ3) is 5.51. The summed E-state index contributed by atoms with van der Waals surface area (Å²) in [5, 5.41) is 5.85. The van der Waals surface area contributed by atoms with Crippen LogP contribution in [0.5, 0.6) is 5.75 Å². The van der Waals surface area contributed by atoms with Crippen LogP contribution in [0.25, 0.3) is 0 Å². The number of halogens is 2. The molecule has 2 fully saturated rings. The Morgan fingerprint density at radius 2 is 1.86 bits per heavy atom. The summed E-state index contributed by atoms with van der Waals surface area (Å²) < 4.78 is 33.0. The summed E-state index contributed by atoms with van der Waals surface area (Å²) >= 11 is 0. The third-order valence-electron chi connectivity index (χ3n) is 6.69. The second kappa shape index (κ2) is 11.1. The summed E-state index contributed by atoms with van der Waals surface area (Å²) in [4.78, 5) is 42.8. The second-order valence-corrected chi connectivity index (χ2v) is 9.21. The number of nitrogens with one attached hydrogen (secondary N) is 1. The first-order valence-electron chi connectivity index (χ1n) is 12.2. The molecule has 4 amide bonds. The van der Waals surface area contributed by atoms with E-state index in [2.05, 4.69) is 5.32 Å². The summed E-state index contributed by atoms with van der Waals surface area (Å²) in [6.07, 6.45) is 0.250. The highest BCUT2D eigenvalue weighted by atomic mass is 19.1. The monoisotopic (exact) mass is 515 g/mol. The lowest BCUT2D eigenvalue weighted by molar-refractivity contribution is -0.188. The topological polar surface area (TPSA) is 85.4 Å². The lowest BCUT2D eigenvalue weighted by Gasteiger charge is -2.54. The van der Waals surface area contributed by atoms with Gasteiger partial charge in [0.05, 0.1) is 20.2 Å². The maximum absolute atomic E-state index is 14.4. The van der Waals surface area contributed by atoms with Gasteiger partial charge >= 0.3 is 6.03 Å². The smallest absolute Gasteiger partial charge is 0.334 e. The molecular formula is C26H31F2N5O4. The van der Waals surface area contributed by atoms with E-state index >= 15 is 0 Å². The van der Waals surface area contributed by atoms with Gasteiger partial charge in [-0.1, -0.05) is 31.5 Å². The van der Waals surface area contributed by atoms with Crippen LogP contribution in [-0.2, 0) is 22.7 Å². The molecule has 2 heterocycles. The van der Waals surface area contributed by atoms with Crippen molar-refractivity contribution in [2.75, 3.05) is 27.2 Å². The number of amides is 4. The SMILES string of the molecule is CCC[C@H]1C(=O)N(Cc2ccc(F)cc2F)C[C@H]2N1C(=O)CN(C)N2C(=O)NCc1ccc(OC)cc1. The van der Waals surface area contributed by atoms with E-state index in [1.807, 2.05) is 19.1 Å². The number of hydrogen-bond donors (Lipinski definition) is 1. The fraction of sp³-hybridized carbons (Fsp3) is 0.423. The van der Waals surface area contributed by atoms with E-state index in [0.717, 1.165) is 17.7 Å². The van der Waals surface area contributed by atoms with E-state index in [1.54, 1.807) is 26.3 Å². The summed E-state index contributed by atoms with van der Waals surface area (Å²) in [5.41, 5.74) is 1.02. The lowest BCUT2D eigenvalue weighted by atomic mass is 10.0. The summed E-state index contributed by atoms with van der Waals surface area (Å²) in [7, 11) is 3.21. The molecule has 0 unspecified atom stereocenters. The van der Waals surface area contributed by atoms with E-state index in [9.17, 15) is 23.2 Å². The van der Waals surface area contributed by atoms with Gasteiger partial charge in [-0.2, -0.15) is 0 Å². The average Bonchev–Trinajstić information content (AvgIpc) is 2.87. The number of nitrogens with zero attached hydrogens (tertiary/aromatic N) is 4. The zero-order valence-corrected chi connectivity index (χ0v) is 21.1. The predicted molar refractivity (Wildman–Crippen MR) is 131 cm³/mol. The molecule has 4 rings (SSSR count). The van der Waals surface area contributed by atoms with Gasteiger partial charge in [0.2, 0.25) is 11.8 Å². The van der Waals surface area contributed by atoms with E-state index in [-0.39, 0.29) is 43.6 Å². The number of benzene rings is 2. The molecule has 11 heteroatoms. The third-order valence-corrected chi connectivity index (χ3v) is 6.69. The highest BCUT2D eigenvalue weighted by Gasteiger charge is 2.50. The van der Waals surface area contributed by atoms with Crippen LogP contribution in [-0.4, -0.2) is 77.1 Å². The molecule has 0 radical (unpaired) electrons. The highest BCUT2D eigenvalue weighted by molar-refractivity contribution is 5.91. The van der Waals surface area contributed by atoms with Crippen molar-refractivity contribution < 1.29 is 27.9 Å². The number of hydrazine groups is 1. The second-order valence-electron chi connectivity index (χ2n) is 9.21. The van der Waals surface area contributed by atoms with Crippen LogP contribution in [0.4, 0.5) is 13.6 Å². The summed E-state index contributed by atoms with van der Waals surface area (Å²) in [6.45, 7) is 1.97. The Kier molecular flexibility index (Phi) is 7.91. The fourth-order valence-corrected chi connectivity index (χ4v) is 4.86. The molecule has 2 aromatic rings. The van der Waals surface area contributed by atoms with Gasteiger partial charge in [-0.15, -0.1) is 0 Å². The Hall–Kier alpha value is -3.73. The van der Waals surface area contributed by atoms with E-state index in [4.69, 9.17) is 4.74 Å². The van der Waals surface area contributed by atoms with Crippen LogP contribution in [0.3, 0.4) is 0 Å². The standard InChI is InChI=1S/C26H31F2N5O4/c1-4-5-22-25(35)31(14-18-8-9-19(27)12-21(18)28)15-23-32(22)24(34)16-30(2)33(23)26(36)29-13-17-6-10-20(37-3)11-7-17/h6-12,22-23H,4-5,13-16H2,1-3H3,(H,29,36)/t22-,23-/m0/s1. The van der Waals surface area contributed by atoms with Crippen molar-refractivity contribution in [3.05, 3.63) is 65.2 Å². The number of fused-ring (bicyclic) bond motifs is 1. The molecule has 2 aliphatic rings. The summed E-state index contributed by atoms with van der Waals surface area (Å²) in [6, 6.07) is 9.26. The number of ether oxygens (including phenoxy) is 1. The van der Waals surface area contributed by atoms with Crippen molar-refractivity contribution in [1.29, 1.82) is 0 Å². The van der Waals surface area contributed by atoms with Gasteiger partial charge in [0.25, 0.3) is 0 Å². The molecule has 0 saturated carbocycles. The first-order chi connectivity index (χ1) is 17.7. The summed E-state index contributed by atoms with van der Waals surface area (Å²) in [5.74, 6) is -1.34. The number of rotatable bonds is 7. The minimum Gasteiger partial charge on any atom is -0.497 e. The minimum atomic E-state index is -0.787. The molecule has 198 valence electrons. The average molecular weight is 516 g/mol. The number of carbonyl (C=O) groups is 3. The first-order valence-corrected chi connectivity index (χ1v) is 12.2. The maximum atomic E-state index is 14.4. The molecule has 0 aromatic heterocycles. The first kappa shape index (κ1) is 26.3. The van der Waals surface area contributed by atoms with Gasteiger partial charge < -0.3 is 19.9 Å². The van der Waals surface area contributed by atoms with Crippen molar-refractivity contribution in [1.82, 2.24) is 25.1 Å². The molecular weight excluding hydrogens is 484 g/mol. The van der Waals surface area contributed by atoms with Crippen molar-refractivity contribution in [2.24, 2.45) is 0 Å². The minimum absolute atomic E-state index is 0.0120. The lowest BCUT2D eigenvalue weighted by Crippen LogP contribution is -2.75. The Labute approximate surface area is 214 Å². The molecule has 9 nitrogen and oxygen atoms in total. The fourth-order valence-electron chi connectivity index (χ4n) is 4.86. The van der Waals surface area contributed by atoms with Crippen LogP contribution >= 0.6 is 0 Å². The van der Waals surface area contributed by atoms with E-state index in [0.29, 0.717) is 18.6 Å². The van der Waals surface area contributed by atoms with Crippen molar-refractivity contribution in [3.8, 4) is 5.75 Å². The van der Waals surface area contributed by atoms with Gasteiger partial charge in [0.1, 0.15) is 29.6 Å². The quantitative estimate of drug-likeness (QED) is 0.613. The molecule has 2 atom stereocenters. The van der Waals surface area contributed by atoms with Crippen LogP contribution in [0.15, 0.2) is 42.5 Å². The molecule has 37 heavy (non-hydrogen) atoms. The highest BCUT2D eigenvalue weighted by Crippen LogP contribution is 2.29. The zero-order valence-electron chi connectivity index (χ0n) is 21.1. The van der Waals surface area contributed by atoms with Crippen LogP contribution in [0, 0.1) is 11.6 Å². The van der Waals surface area contributed by atoms with Gasteiger partial charge in [-0.25, -0.2) is 23.6 Å². The normalized spacial score (nSPS) is 20.2. The molecule has 2 aliphatic heterocycles. The molecule has 0 spiro atoms. The van der Waals surface area contributed by atoms with Crippen molar-refractivity contribution >= 4 is 17.8 Å². The van der Waals surface area contributed by atoms with Gasteiger partial charge in [-0.05, 0) is 30.2 Å². The van der Waals surface area contributed by atoms with Crippen LogP contribution in [0.1, 0.15) is 30.9 Å². The Bertz CT molecular complexity index is 1160. The van der Waals surface area contributed by atoms with Crippen molar-refractivity contribution in [2.45, 2.75) is 45.1 Å². The number of piperazine rings is 1. The van der Waals surface area contributed by atoms with Crippen molar-refractivity contribution in [3.63, 3.8) is 0 Å². The largest absolute Gasteiger partial charge is 0.497 e. The number of urea groups is 1. The van der Waals surface area contributed by atoms with Crippen LogP contribution < -0.4 is 10.1 Å².